The number of hydrogen-bond donors (Lipinski definition) is 1. The summed E-state index contributed by atoms with van der Waals surface area (Å²) in [4.78, 5) is 26.4. The van der Waals surface area contributed by atoms with Crippen LogP contribution in [0.5, 0.6) is 5.75 Å². The number of carbonyl (C=O) groups excluding carboxylic acids is 2. The van der Waals surface area contributed by atoms with Crippen molar-refractivity contribution in [1.82, 2.24) is 0 Å². The van der Waals surface area contributed by atoms with Gasteiger partial charge in [-0.05, 0) is 61.9 Å². The van der Waals surface area contributed by atoms with Gasteiger partial charge in [0.1, 0.15) is 11.6 Å². The Labute approximate surface area is 151 Å². The molecular formula is C20H21FN2O3. The Morgan fingerprint density at radius 2 is 2.00 bits per heavy atom. The van der Waals surface area contributed by atoms with Gasteiger partial charge in [0, 0.05) is 24.3 Å². The molecule has 2 amide bonds. The van der Waals surface area contributed by atoms with E-state index < -0.39 is 5.92 Å². The van der Waals surface area contributed by atoms with E-state index in [2.05, 4.69) is 5.32 Å². The highest BCUT2D eigenvalue weighted by molar-refractivity contribution is 6.03. The largest absolute Gasteiger partial charge is 0.494 e. The highest BCUT2D eigenvalue weighted by Crippen LogP contribution is 2.28. The Kier molecular flexibility index (Phi) is 5.21. The van der Waals surface area contributed by atoms with Crippen LogP contribution in [0.2, 0.25) is 0 Å². The summed E-state index contributed by atoms with van der Waals surface area (Å²) in [5.41, 5.74) is 1.95. The third-order valence-corrected chi connectivity index (χ3v) is 4.40. The second kappa shape index (κ2) is 7.56. The number of amides is 2. The number of benzene rings is 2. The molecule has 0 bridgehead atoms. The van der Waals surface area contributed by atoms with E-state index in [0.717, 1.165) is 11.4 Å². The molecule has 1 heterocycles. The van der Waals surface area contributed by atoms with Crippen LogP contribution < -0.4 is 15.0 Å². The molecule has 2 aromatic rings. The first-order valence-corrected chi connectivity index (χ1v) is 8.58. The number of nitrogens with zero attached hydrogens (tertiary/aromatic N) is 1. The Morgan fingerprint density at radius 3 is 2.65 bits per heavy atom. The molecule has 26 heavy (non-hydrogen) atoms. The summed E-state index contributed by atoms with van der Waals surface area (Å²) < 4.78 is 18.6. The van der Waals surface area contributed by atoms with Gasteiger partial charge >= 0.3 is 0 Å². The first-order valence-electron chi connectivity index (χ1n) is 8.58. The zero-order valence-corrected chi connectivity index (χ0v) is 14.8. The summed E-state index contributed by atoms with van der Waals surface area (Å²) in [5.74, 6) is -0.382. The molecule has 2 aromatic carbocycles. The van der Waals surface area contributed by atoms with Crippen LogP contribution in [0.3, 0.4) is 0 Å². The van der Waals surface area contributed by atoms with Gasteiger partial charge in [-0.1, -0.05) is 0 Å². The van der Waals surface area contributed by atoms with Gasteiger partial charge in [0.25, 0.3) is 0 Å². The molecule has 1 N–H and O–H groups in total. The molecule has 5 nitrogen and oxygen atoms in total. The zero-order chi connectivity index (χ0) is 18.7. The van der Waals surface area contributed by atoms with E-state index in [0.29, 0.717) is 24.4 Å². The Morgan fingerprint density at radius 1 is 1.27 bits per heavy atom. The molecule has 0 radical (unpaired) electrons. The second-order valence-corrected chi connectivity index (χ2v) is 6.28. The van der Waals surface area contributed by atoms with Crippen molar-refractivity contribution in [3.05, 3.63) is 53.8 Å². The molecule has 0 saturated carbocycles. The Balaban J connectivity index is 1.67. The van der Waals surface area contributed by atoms with Gasteiger partial charge in [0.15, 0.2) is 0 Å². The highest BCUT2D eigenvalue weighted by atomic mass is 19.1. The molecule has 136 valence electrons. The molecule has 1 aliphatic rings. The van der Waals surface area contributed by atoms with E-state index in [1.165, 1.54) is 18.2 Å². The van der Waals surface area contributed by atoms with Crippen LogP contribution in [-0.2, 0) is 9.59 Å². The van der Waals surface area contributed by atoms with Crippen molar-refractivity contribution >= 4 is 23.2 Å². The van der Waals surface area contributed by atoms with E-state index in [1.54, 1.807) is 24.0 Å². The lowest BCUT2D eigenvalue weighted by Crippen LogP contribution is -2.28. The van der Waals surface area contributed by atoms with Crippen LogP contribution in [0.1, 0.15) is 18.9 Å². The van der Waals surface area contributed by atoms with Gasteiger partial charge in [0.05, 0.1) is 12.5 Å². The van der Waals surface area contributed by atoms with E-state index >= 15 is 0 Å². The van der Waals surface area contributed by atoms with Crippen LogP contribution in [0.15, 0.2) is 42.5 Å². The number of anilines is 2. The first-order chi connectivity index (χ1) is 12.5. The summed E-state index contributed by atoms with van der Waals surface area (Å²) in [6.07, 6.45) is 0.152. The summed E-state index contributed by atoms with van der Waals surface area (Å²) >= 11 is 0. The SMILES string of the molecule is CCOc1ccc(N2C[C@@H](C(=O)Nc3ccc(F)cc3C)CC2=O)cc1. The minimum absolute atomic E-state index is 0.0925. The smallest absolute Gasteiger partial charge is 0.229 e. The van der Waals surface area contributed by atoms with Crippen LogP contribution in [0.25, 0.3) is 0 Å². The van der Waals surface area contributed by atoms with E-state index in [-0.39, 0.29) is 24.1 Å². The third kappa shape index (κ3) is 3.85. The molecule has 1 atom stereocenters. The molecule has 1 aliphatic heterocycles. The van der Waals surface area contributed by atoms with Crippen LogP contribution in [0, 0.1) is 18.7 Å². The minimum atomic E-state index is -0.446. The molecular weight excluding hydrogens is 335 g/mol. The average Bonchev–Trinajstić information content (AvgIpc) is 3.00. The van der Waals surface area contributed by atoms with Crippen molar-refractivity contribution in [1.29, 1.82) is 0 Å². The second-order valence-electron chi connectivity index (χ2n) is 6.28. The lowest BCUT2D eigenvalue weighted by Gasteiger charge is -2.17. The standard InChI is InChI=1S/C20H21FN2O3/c1-3-26-17-7-5-16(6-8-17)23-12-14(11-19(23)24)20(25)22-18-9-4-15(21)10-13(18)2/h4-10,14H,3,11-12H2,1-2H3,(H,22,25)/t14-/m0/s1. The Hall–Kier alpha value is -2.89. The van der Waals surface area contributed by atoms with E-state index in [9.17, 15) is 14.0 Å². The molecule has 6 heteroatoms. The van der Waals surface area contributed by atoms with Gasteiger partial charge in [-0.3, -0.25) is 9.59 Å². The van der Waals surface area contributed by atoms with Crippen molar-refractivity contribution in [2.45, 2.75) is 20.3 Å². The fourth-order valence-electron chi connectivity index (χ4n) is 3.02. The van der Waals surface area contributed by atoms with Crippen LogP contribution in [0.4, 0.5) is 15.8 Å². The number of hydrogen-bond acceptors (Lipinski definition) is 3. The first kappa shape index (κ1) is 17.9. The maximum absolute atomic E-state index is 13.2. The van der Waals surface area contributed by atoms with Gasteiger partial charge in [-0.25, -0.2) is 4.39 Å². The molecule has 3 rings (SSSR count). The van der Waals surface area contributed by atoms with Gasteiger partial charge in [0.2, 0.25) is 11.8 Å². The molecule has 0 aliphatic carbocycles. The summed E-state index contributed by atoms with van der Waals surface area (Å²) in [6.45, 7) is 4.53. The monoisotopic (exact) mass is 356 g/mol. The molecule has 0 spiro atoms. The fraction of sp³-hybridized carbons (Fsp3) is 0.300. The molecule has 1 saturated heterocycles. The van der Waals surface area contributed by atoms with Crippen LogP contribution in [-0.4, -0.2) is 25.0 Å². The summed E-state index contributed by atoms with van der Waals surface area (Å²) in [7, 11) is 0. The van der Waals surface area contributed by atoms with Crippen molar-refractivity contribution < 1.29 is 18.7 Å². The number of aryl methyl sites for hydroxylation is 1. The van der Waals surface area contributed by atoms with E-state index in [1.807, 2.05) is 19.1 Å². The van der Waals surface area contributed by atoms with Crippen LogP contribution >= 0.6 is 0 Å². The summed E-state index contributed by atoms with van der Waals surface area (Å²) in [5, 5.41) is 2.79. The van der Waals surface area contributed by atoms with Gasteiger partial charge < -0.3 is 15.0 Å². The maximum Gasteiger partial charge on any atom is 0.229 e. The summed E-state index contributed by atoms with van der Waals surface area (Å²) in [6, 6.07) is 11.4. The molecule has 1 fully saturated rings. The molecule has 0 aromatic heterocycles. The third-order valence-electron chi connectivity index (χ3n) is 4.40. The van der Waals surface area contributed by atoms with Crippen molar-refractivity contribution in [3.8, 4) is 5.75 Å². The van der Waals surface area contributed by atoms with Gasteiger partial charge in [-0.15, -0.1) is 0 Å². The zero-order valence-electron chi connectivity index (χ0n) is 14.8. The fourth-order valence-corrected chi connectivity index (χ4v) is 3.02. The number of nitrogens with one attached hydrogen (secondary N) is 1. The lowest BCUT2D eigenvalue weighted by molar-refractivity contribution is -0.122. The predicted molar refractivity (Wildman–Crippen MR) is 97.8 cm³/mol. The quantitative estimate of drug-likeness (QED) is 0.892. The topological polar surface area (TPSA) is 58.6 Å². The Bertz CT molecular complexity index is 820. The average molecular weight is 356 g/mol. The van der Waals surface area contributed by atoms with E-state index in [4.69, 9.17) is 4.74 Å². The van der Waals surface area contributed by atoms with Crippen molar-refractivity contribution in [2.24, 2.45) is 5.92 Å². The number of ether oxygens (including phenoxy) is 1. The number of carbonyl (C=O) groups is 2. The predicted octanol–water partition coefficient (Wildman–Crippen LogP) is 3.52. The highest BCUT2D eigenvalue weighted by Gasteiger charge is 2.35. The van der Waals surface area contributed by atoms with Gasteiger partial charge in [-0.2, -0.15) is 0 Å². The lowest BCUT2D eigenvalue weighted by atomic mass is 10.1. The van der Waals surface area contributed by atoms with Crippen molar-refractivity contribution in [2.75, 3.05) is 23.4 Å². The number of halogens is 1. The molecule has 0 unspecified atom stereocenters. The number of rotatable bonds is 5. The normalized spacial score (nSPS) is 16.7. The van der Waals surface area contributed by atoms with Crippen molar-refractivity contribution in [3.63, 3.8) is 0 Å². The maximum atomic E-state index is 13.2. The minimum Gasteiger partial charge on any atom is -0.494 e.